The second-order valence-electron chi connectivity index (χ2n) is 4.68. The lowest BCUT2D eigenvalue weighted by Crippen LogP contribution is -2.19. The third-order valence-corrected chi connectivity index (χ3v) is 4.07. The van der Waals surface area contributed by atoms with E-state index >= 15 is 0 Å². The molecule has 2 N–H and O–H groups in total. The van der Waals surface area contributed by atoms with E-state index in [0.29, 0.717) is 16.8 Å². The predicted molar refractivity (Wildman–Crippen MR) is 87.1 cm³/mol. The SMILES string of the molecule is CCNc1ncc(Cl)c(NC(C)Cc2ccc(C)s2)n1. The molecular formula is C14H19ClN4S. The minimum absolute atomic E-state index is 0.259. The van der Waals surface area contributed by atoms with Gasteiger partial charge in [-0.05, 0) is 32.9 Å². The Hall–Kier alpha value is -1.33. The molecule has 6 heteroatoms. The Morgan fingerprint density at radius 2 is 2.20 bits per heavy atom. The molecule has 0 saturated carbocycles. The predicted octanol–water partition coefficient (Wildman–Crippen LogP) is 3.97. The van der Waals surface area contributed by atoms with Crippen molar-refractivity contribution in [1.29, 1.82) is 0 Å². The summed E-state index contributed by atoms with van der Waals surface area (Å²) in [5.41, 5.74) is 0. The Bertz CT molecular complexity index is 570. The molecule has 0 aliphatic carbocycles. The maximum absolute atomic E-state index is 6.13. The molecule has 0 aromatic carbocycles. The number of hydrogen-bond acceptors (Lipinski definition) is 5. The van der Waals surface area contributed by atoms with Gasteiger partial charge < -0.3 is 10.6 Å². The largest absolute Gasteiger partial charge is 0.366 e. The van der Waals surface area contributed by atoms with Crippen molar-refractivity contribution in [2.75, 3.05) is 17.2 Å². The molecule has 0 bridgehead atoms. The van der Waals surface area contributed by atoms with E-state index in [-0.39, 0.29) is 6.04 Å². The average Bonchev–Trinajstić information content (AvgIpc) is 2.79. The molecule has 20 heavy (non-hydrogen) atoms. The minimum atomic E-state index is 0.259. The molecule has 0 saturated heterocycles. The first kappa shape index (κ1) is 15.1. The summed E-state index contributed by atoms with van der Waals surface area (Å²) in [4.78, 5) is 11.2. The number of aryl methyl sites for hydroxylation is 1. The highest BCUT2D eigenvalue weighted by atomic mass is 35.5. The summed E-state index contributed by atoms with van der Waals surface area (Å²) in [5, 5.41) is 6.98. The van der Waals surface area contributed by atoms with E-state index in [0.717, 1.165) is 13.0 Å². The maximum atomic E-state index is 6.13. The second-order valence-corrected chi connectivity index (χ2v) is 6.46. The van der Waals surface area contributed by atoms with Crippen LogP contribution in [-0.2, 0) is 6.42 Å². The zero-order valence-corrected chi connectivity index (χ0v) is 13.5. The topological polar surface area (TPSA) is 49.8 Å². The zero-order valence-electron chi connectivity index (χ0n) is 11.9. The highest BCUT2D eigenvalue weighted by Crippen LogP contribution is 2.22. The van der Waals surface area contributed by atoms with Gasteiger partial charge in [0.1, 0.15) is 5.02 Å². The van der Waals surface area contributed by atoms with Gasteiger partial charge in [-0.3, -0.25) is 0 Å². The van der Waals surface area contributed by atoms with Crippen molar-refractivity contribution in [3.05, 3.63) is 33.1 Å². The van der Waals surface area contributed by atoms with Crippen molar-refractivity contribution in [3.63, 3.8) is 0 Å². The molecular weight excluding hydrogens is 292 g/mol. The van der Waals surface area contributed by atoms with Crippen LogP contribution in [0.1, 0.15) is 23.6 Å². The number of nitrogens with one attached hydrogen (secondary N) is 2. The monoisotopic (exact) mass is 310 g/mol. The summed E-state index contributed by atoms with van der Waals surface area (Å²) in [6.45, 7) is 7.04. The summed E-state index contributed by atoms with van der Waals surface area (Å²) in [6, 6.07) is 4.58. The van der Waals surface area contributed by atoms with Crippen LogP contribution in [0.5, 0.6) is 0 Å². The third kappa shape index (κ3) is 4.08. The van der Waals surface area contributed by atoms with E-state index in [1.54, 1.807) is 6.20 Å². The quantitative estimate of drug-likeness (QED) is 0.847. The van der Waals surface area contributed by atoms with E-state index in [1.165, 1.54) is 9.75 Å². The fraction of sp³-hybridized carbons (Fsp3) is 0.429. The highest BCUT2D eigenvalue weighted by Gasteiger charge is 2.10. The van der Waals surface area contributed by atoms with Crippen LogP contribution in [0.2, 0.25) is 5.02 Å². The number of thiophene rings is 1. The Labute approximate surface area is 128 Å². The van der Waals surface area contributed by atoms with Crippen molar-refractivity contribution in [2.24, 2.45) is 0 Å². The van der Waals surface area contributed by atoms with Crippen LogP contribution >= 0.6 is 22.9 Å². The van der Waals surface area contributed by atoms with Crippen LogP contribution < -0.4 is 10.6 Å². The number of halogens is 1. The lowest BCUT2D eigenvalue weighted by molar-refractivity contribution is 0.793. The van der Waals surface area contributed by atoms with Gasteiger partial charge in [0.15, 0.2) is 5.82 Å². The van der Waals surface area contributed by atoms with Crippen LogP contribution in [0.25, 0.3) is 0 Å². The fourth-order valence-corrected chi connectivity index (χ4v) is 3.06. The van der Waals surface area contributed by atoms with Crippen LogP contribution in [0.4, 0.5) is 11.8 Å². The first-order chi connectivity index (χ1) is 9.58. The summed E-state index contributed by atoms with van der Waals surface area (Å²) in [5.74, 6) is 1.27. The lowest BCUT2D eigenvalue weighted by atomic mass is 10.2. The van der Waals surface area contributed by atoms with E-state index < -0.39 is 0 Å². The fourth-order valence-electron chi connectivity index (χ4n) is 1.89. The Morgan fingerprint density at radius 3 is 2.85 bits per heavy atom. The zero-order chi connectivity index (χ0) is 14.5. The van der Waals surface area contributed by atoms with Crippen molar-refractivity contribution in [3.8, 4) is 0 Å². The molecule has 4 nitrogen and oxygen atoms in total. The normalized spacial score (nSPS) is 12.2. The first-order valence-electron chi connectivity index (χ1n) is 6.66. The minimum Gasteiger partial charge on any atom is -0.366 e. The molecule has 0 amide bonds. The second kappa shape index (κ2) is 6.90. The molecule has 108 valence electrons. The van der Waals surface area contributed by atoms with Crippen molar-refractivity contribution in [1.82, 2.24) is 9.97 Å². The van der Waals surface area contributed by atoms with Crippen LogP contribution in [0.15, 0.2) is 18.3 Å². The smallest absolute Gasteiger partial charge is 0.224 e. The van der Waals surface area contributed by atoms with Crippen LogP contribution in [0, 0.1) is 6.92 Å². The molecule has 1 atom stereocenters. The van der Waals surface area contributed by atoms with Gasteiger partial charge in [-0.15, -0.1) is 11.3 Å². The maximum Gasteiger partial charge on any atom is 0.224 e. The Kier molecular flexibility index (Phi) is 5.20. The van der Waals surface area contributed by atoms with Gasteiger partial charge in [0, 0.05) is 28.8 Å². The van der Waals surface area contributed by atoms with Gasteiger partial charge in [0.05, 0.1) is 6.20 Å². The third-order valence-electron chi connectivity index (χ3n) is 2.77. The highest BCUT2D eigenvalue weighted by molar-refractivity contribution is 7.11. The number of aromatic nitrogens is 2. The average molecular weight is 311 g/mol. The van der Waals surface area contributed by atoms with Crippen LogP contribution in [-0.4, -0.2) is 22.6 Å². The summed E-state index contributed by atoms with van der Waals surface area (Å²) < 4.78 is 0. The molecule has 2 heterocycles. The van der Waals surface area contributed by atoms with Gasteiger partial charge in [-0.1, -0.05) is 11.6 Å². The van der Waals surface area contributed by atoms with Crippen molar-refractivity contribution in [2.45, 2.75) is 33.2 Å². The lowest BCUT2D eigenvalue weighted by Gasteiger charge is -2.15. The summed E-state index contributed by atoms with van der Waals surface area (Å²) >= 11 is 7.96. The van der Waals surface area contributed by atoms with E-state index in [4.69, 9.17) is 11.6 Å². The van der Waals surface area contributed by atoms with Gasteiger partial charge in [0.25, 0.3) is 0 Å². The molecule has 0 radical (unpaired) electrons. The molecule has 0 fully saturated rings. The molecule has 1 unspecified atom stereocenters. The molecule has 0 spiro atoms. The van der Waals surface area contributed by atoms with E-state index in [1.807, 2.05) is 18.3 Å². The van der Waals surface area contributed by atoms with Crippen molar-refractivity contribution < 1.29 is 0 Å². The van der Waals surface area contributed by atoms with E-state index in [2.05, 4.69) is 46.6 Å². The van der Waals surface area contributed by atoms with Gasteiger partial charge in [0.2, 0.25) is 5.95 Å². The summed E-state index contributed by atoms with van der Waals surface area (Å²) in [7, 11) is 0. The van der Waals surface area contributed by atoms with Gasteiger partial charge >= 0.3 is 0 Å². The van der Waals surface area contributed by atoms with Crippen LogP contribution in [0.3, 0.4) is 0 Å². The van der Waals surface area contributed by atoms with Gasteiger partial charge in [-0.2, -0.15) is 4.98 Å². The molecule has 2 aromatic heterocycles. The molecule has 2 rings (SSSR count). The first-order valence-corrected chi connectivity index (χ1v) is 7.86. The Balaban J connectivity index is 2.02. The number of anilines is 2. The number of hydrogen-bond donors (Lipinski definition) is 2. The van der Waals surface area contributed by atoms with Crippen molar-refractivity contribution >= 4 is 34.7 Å². The van der Waals surface area contributed by atoms with Gasteiger partial charge in [-0.25, -0.2) is 4.98 Å². The standard InChI is InChI=1S/C14H19ClN4S/c1-4-16-14-17-8-12(15)13(19-14)18-9(2)7-11-6-5-10(3)20-11/h5-6,8-9H,4,7H2,1-3H3,(H2,16,17,18,19). The molecule has 2 aromatic rings. The Morgan fingerprint density at radius 1 is 1.40 bits per heavy atom. The molecule has 0 aliphatic rings. The summed E-state index contributed by atoms with van der Waals surface area (Å²) in [6.07, 6.45) is 2.58. The molecule has 0 aliphatic heterocycles. The van der Waals surface area contributed by atoms with E-state index in [9.17, 15) is 0 Å². The number of nitrogens with zero attached hydrogens (tertiary/aromatic N) is 2. The number of rotatable bonds is 6.